The Morgan fingerprint density at radius 1 is 1.45 bits per heavy atom. The van der Waals surface area contributed by atoms with Crippen molar-refractivity contribution in [2.75, 3.05) is 13.1 Å². The molecule has 4 nitrogen and oxygen atoms in total. The minimum atomic E-state index is -0.293. The van der Waals surface area contributed by atoms with E-state index in [1.165, 1.54) is 0 Å². The number of aromatic nitrogens is 2. The lowest BCUT2D eigenvalue weighted by atomic mass is 9.84. The molecule has 0 radical (unpaired) electrons. The van der Waals surface area contributed by atoms with Crippen LogP contribution in [0.4, 0.5) is 0 Å². The van der Waals surface area contributed by atoms with Gasteiger partial charge in [-0.25, -0.2) is 4.98 Å². The van der Waals surface area contributed by atoms with Crippen molar-refractivity contribution < 1.29 is 4.79 Å². The number of halogens is 1. The summed E-state index contributed by atoms with van der Waals surface area (Å²) in [6, 6.07) is 3.77. The van der Waals surface area contributed by atoms with E-state index in [0.29, 0.717) is 29.1 Å². The predicted octanol–water partition coefficient (Wildman–Crippen LogP) is 2.69. The van der Waals surface area contributed by atoms with Crippen LogP contribution in [0.25, 0.3) is 5.52 Å². The molecule has 2 fully saturated rings. The molecule has 3 atom stereocenters. The maximum Gasteiger partial charge on any atom is 0.137 e. The lowest BCUT2D eigenvalue weighted by molar-refractivity contribution is -0.122. The number of carbonyl (C=O) groups excluding carboxylic acids is 1. The molecule has 116 valence electrons. The number of imidazole rings is 1. The van der Waals surface area contributed by atoms with Gasteiger partial charge in [0, 0.05) is 24.0 Å². The highest BCUT2D eigenvalue weighted by Crippen LogP contribution is 2.50. The zero-order valence-electron chi connectivity index (χ0n) is 12.8. The second-order valence-corrected chi connectivity index (χ2v) is 7.64. The highest BCUT2D eigenvalue weighted by molar-refractivity contribution is 6.33. The third-order valence-electron chi connectivity index (χ3n) is 5.20. The van der Waals surface area contributed by atoms with Gasteiger partial charge in [-0.1, -0.05) is 25.4 Å². The molecule has 1 N–H and O–H groups in total. The number of piperidine rings is 1. The average Bonchev–Trinajstić information content (AvgIpc) is 2.85. The van der Waals surface area contributed by atoms with Gasteiger partial charge in [-0.2, -0.15) is 0 Å². The summed E-state index contributed by atoms with van der Waals surface area (Å²) in [5.41, 5.74) is 0.602. The lowest BCUT2D eigenvalue weighted by Gasteiger charge is -2.23. The fourth-order valence-corrected chi connectivity index (χ4v) is 4.23. The molecule has 0 amide bonds. The molecular formula is C17H20ClN3O. The molecule has 3 heterocycles. The van der Waals surface area contributed by atoms with Crippen LogP contribution in [-0.2, 0) is 10.2 Å². The fraction of sp³-hybridized carbons (Fsp3) is 0.529. The maximum absolute atomic E-state index is 12.6. The molecule has 1 saturated carbocycles. The highest BCUT2D eigenvalue weighted by Gasteiger charge is 2.56. The number of ketones is 1. The Labute approximate surface area is 134 Å². The quantitative estimate of drug-likeness (QED) is 0.943. The first-order valence-corrected chi connectivity index (χ1v) is 8.22. The Hall–Kier alpha value is -1.39. The molecule has 4 rings (SSSR count). The van der Waals surface area contributed by atoms with Gasteiger partial charge in [0.05, 0.1) is 16.7 Å². The van der Waals surface area contributed by atoms with Crippen molar-refractivity contribution in [2.45, 2.75) is 25.7 Å². The third-order valence-corrected chi connectivity index (χ3v) is 5.52. The van der Waals surface area contributed by atoms with Crippen LogP contribution < -0.4 is 5.32 Å². The Bertz CT molecular complexity index is 741. The van der Waals surface area contributed by atoms with Crippen molar-refractivity contribution in [2.24, 2.45) is 17.8 Å². The monoisotopic (exact) mass is 317 g/mol. The van der Waals surface area contributed by atoms with E-state index >= 15 is 0 Å². The number of carbonyl (C=O) groups is 1. The van der Waals surface area contributed by atoms with Crippen molar-refractivity contribution >= 4 is 22.9 Å². The zero-order chi connectivity index (χ0) is 15.5. The number of hydrogen-bond acceptors (Lipinski definition) is 3. The SMILES string of the molecule is CC(C)(CC(=O)C1[C@H]2CNC[C@@H]12)c1ncc2c(Cl)cccn12. The molecule has 2 aromatic rings. The summed E-state index contributed by atoms with van der Waals surface area (Å²) < 4.78 is 2.00. The normalized spacial score (nSPS) is 27.1. The predicted molar refractivity (Wildman–Crippen MR) is 86.2 cm³/mol. The summed E-state index contributed by atoms with van der Waals surface area (Å²) in [5, 5.41) is 4.03. The van der Waals surface area contributed by atoms with E-state index in [4.69, 9.17) is 11.6 Å². The van der Waals surface area contributed by atoms with Gasteiger partial charge in [-0.05, 0) is 37.1 Å². The van der Waals surface area contributed by atoms with Crippen LogP contribution in [0.3, 0.4) is 0 Å². The second-order valence-electron chi connectivity index (χ2n) is 7.23. The minimum Gasteiger partial charge on any atom is -0.316 e. The summed E-state index contributed by atoms with van der Waals surface area (Å²) >= 11 is 6.22. The van der Waals surface area contributed by atoms with Gasteiger partial charge < -0.3 is 9.72 Å². The molecule has 0 aromatic carbocycles. The molecule has 22 heavy (non-hydrogen) atoms. The molecule has 0 spiro atoms. The summed E-state index contributed by atoms with van der Waals surface area (Å²) in [5.74, 6) is 2.72. The van der Waals surface area contributed by atoms with Gasteiger partial charge in [-0.15, -0.1) is 0 Å². The number of rotatable bonds is 4. The topological polar surface area (TPSA) is 46.4 Å². The van der Waals surface area contributed by atoms with Gasteiger partial charge in [-0.3, -0.25) is 4.79 Å². The Kier molecular flexibility index (Phi) is 3.10. The Balaban J connectivity index is 1.59. The Morgan fingerprint density at radius 2 is 2.18 bits per heavy atom. The van der Waals surface area contributed by atoms with Gasteiger partial charge >= 0.3 is 0 Å². The smallest absolute Gasteiger partial charge is 0.137 e. The summed E-state index contributed by atoms with van der Waals surface area (Å²) in [6.07, 6.45) is 4.29. The van der Waals surface area contributed by atoms with Crippen LogP contribution in [0.1, 0.15) is 26.1 Å². The third kappa shape index (κ3) is 2.09. The van der Waals surface area contributed by atoms with Crippen LogP contribution in [0.5, 0.6) is 0 Å². The first-order chi connectivity index (χ1) is 10.5. The fourth-order valence-electron chi connectivity index (χ4n) is 4.02. The van der Waals surface area contributed by atoms with Crippen molar-refractivity contribution in [1.82, 2.24) is 14.7 Å². The largest absolute Gasteiger partial charge is 0.316 e. The number of pyridine rings is 1. The number of fused-ring (bicyclic) bond motifs is 2. The van der Waals surface area contributed by atoms with E-state index < -0.39 is 0 Å². The molecule has 1 unspecified atom stereocenters. The molecule has 2 aliphatic rings. The van der Waals surface area contributed by atoms with E-state index in [-0.39, 0.29) is 11.3 Å². The first-order valence-electron chi connectivity index (χ1n) is 7.84. The number of hydrogen-bond donors (Lipinski definition) is 1. The van der Waals surface area contributed by atoms with Crippen molar-refractivity contribution in [3.63, 3.8) is 0 Å². The minimum absolute atomic E-state index is 0.273. The van der Waals surface area contributed by atoms with Crippen molar-refractivity contribution in [1.29, 1.82) is 0 Å². The molecular weight excluding hydrogens is 298 g/mol. The molecule has 1 aliphatic heterocycles. The number of Topliss-reactive ketones (excluding diaryl/α,β-unsaturated/α-hetero) is 1. The number of nitrogens with zero attached hydrogens (tertiary/aromatic N) is 2. The summed E-state index contributed by atoms with van der Waals surface area (Å²) in [4.78, 5) is 17.2. The molecule has 1 aliphatic carbocycles. The molecule has 1 saturated heterocycles. The Morgan fingerprint density at radius 3 is 2.91 bits per heavy atom. The van der Waals surface area contributed by atoms with Crippen molar-refractivity contribution in [3.8, 4) is 0 Å². The highest BCUT2D eigenvalue weighted by atomic mass is 35.5. The zero-order valence-corrected chi connectivity index (χ0v) is 13.6. The van der Waals surface area contributed by atoms with Gasteiger partial charge in [0.25, 0.3) is 0 Å². The van der Waals surface area contributed by atoms with Gasteiger partial charge in [0.2, 0.25) is 0 Å². The maximum atomic E-state index is 12.6. The summed E-state index contributed by atoms with van der Waals surface area (Å²) in [7, 11) is 0. The van der Waals surface area contributed by atoms with E-state index in [1.807, 2.05) is 22.7 Å². The lowest BCUT2D eigenvalue weighted by Crippen LogP contribution is -2.28. The molecule has 5 heteroatoms. The van der Waals surface area contributed by atoms with Crippen LogP contribution in [0.15, 0.2) is 24.5 Å². The second kappa shape index (κ2) is 4.80. The number of nitrogens with one attached hydrogen (secondary N) is 1. The van der Waals surface area contributed by atoms with E-state index in [2.05, 4.69) is 24.1 Å². The van der Waals surface area contributed by atoms with Crippen LogP contribution in [-0.4, -0.2) is 28.3 Å². The average molecular weight is 318 g/mol. The van der Waals surface area contributed by atoms with Crippen LogP contribution in [0, 0.1) is 17.8 Å². The molecule has 2 aromatic heterocycles. The standard InChI is InChI=1S/C17H20ClN3O/c1-17(2,6-14(22)15-10-7-19-8-11(10)15)16-20-9-13-12(18)4-3-5-21(13)16/h3-5,9-11,15,19H,6-8H2,1-2H3/t10-,11+,15?. The van der Waals surface area contributed by atoms with Gasteiger partial charge in [0.1, 0.15) is 11.6 Å². The van der Waals surface area contributed by atoms with E-state index in [1.54, 1.807) is 6.20 Å². The molecule has 0 bridgehead atoms. The van der Waals surface area contributed by atoms with Gasteiger partial charge in [0.15, 0.2) is 0 Å². The summed E-state index contributed by atoms with van der Waals surface area (Å²) in [6.45, 7) is 6.20. The van der Waals surface area contributed by atoms with E-state index in [0.717, 1.165) is 24.4 Å². The van der Waals surface area contributed by atoms with Crippen LogP contribution >= 0.6 is 11.6 Å². The van der Waals surface area contributed by atoms with E-state index in [9.17, 15) is 4.79 Å². The first kappa shape index (κ1) is 14.2. The van der Waals surface area contributed by atoms with Crippen molar-refractivity contribution in [3.05, 3.63) is 35.4 Å². The van der Waals surface area contributed by atoms with Crippen LogP contribution in [0.2, 0.25) is 5.02 Å².